The summed E-state index contributed by atoms with van der Waals surface area (Å²) >= 11 is 0. The number of halogens is 2. The molecule has 3 aromatic carbocycles. The SMILES string of the molecule is CCc1cccc(NC(=O)c2c(-c3ccc(F)cc3)c(-c3ccc(F)cc3)c(CC[C@@H](O)C[C@@H](O)CC(=O)[O-])n2C(C)C)c1.[Na+]. The van der Waals surface area contributed by atoms with Gasteiger partial charge in [0.15, 0.2) is 0 Å². The number of nitrogens with zero attached hydrogens (tertiary/aromatic N) is 1. The van der Waals surface area contributed by atoms with Gasteiger partial charge in [-0.15, -0.1) is 0 Å². The van der Waals surface area contributed by atoms with Gasteiger partial charge in [-0.05, 0) is 92.6 Å². The normalized spacial score (nSPS) is 12.4. The van der Waals surface area contributed by atoms with Gasteiger partial charge in [0.1, 0.15) is 17.3 Å². The second-order valence-electron chi connectivity index (χ2n) is 11.2. The topological polar surface area (TPSA) is 115 Å². The molecule has 4 aromatic rings. The first kappa shape index (κ1) is 36.1. The molecule has 45 heavy (non-hydrogen) atoms. The molecule has 1 aromatic heterocycles. The zero-order valence-corrected chi connectivity index (χ0v) is 28.0. The van der Waals surface area contributed by atoms with Crippen molar-refractivity contribution in [3.63, 3.8) is 0 Å². The maximum Gasteiger partial charge on any atom is 1.00 e. The van der Waals surface area contributed by atoms with Gasteiger partial charge in [-0.2, -0.15) is 0 Å². The van der Waals surface area contributed by atoms with E-state index in [1.807, 2.05) is 43.5 Å². The molecule has 0 unspecified atom stereocenters. The third-order valence-electron chi connectivity index (χ3n) is 7.56. The number of aliphatic hydroxyl groups excluding tert-OH is 2. The zero-order chi connectivity index (χ0) is 32.0. The van der Waals surface area contributed by atoms with Gasteiger partial charge in [0.05, 0.1) is 12.2 Å². The van der Waals surface area contributed by atoms with E-state index in [2.05, 4.69) is 5.32 Å². The molecule has 0 radical (unpaired) electrons. The number of nitrogens with one attached hydrogen (secondary N) is 1. The second kappa shape index (κ2) is 16.3. The summed E-state index contributed by atoms with van der Waals surface area (Å²) in [6.45, 7) is 5.85. The summed E-state index contributed by atoms with van der Waals surface area (Å²) in [7, 11) is 0. The van der Waals surface area contributed by atoms with Crippen LogP contribution in [0.3, 0.4) is 0 Å². The monoisotopic (exact) mass is 626 g/mol. The summed E-state index contributed by atoms with van der Waals surface area (Å²) in [5.41, 5.74) is 4.98. The molecule has 0 aliphatic heterocycles. The predicted molar refractivity (Wildman–Crippen MR) is 164 cm³/mol. The van der Waals surface area contributed by atoms with Crippen LogP contribution in [0.15, 0.2) is 72.8 Å². The van der Waals surface area contributed by atoms with Crippen molar-refractivity contribution in [2.24, 2.45) is 0 Å². The molecule has 0 bridgehead atoms. The Kier molecular flexibility index (Phi) is 13.1. The van der Waals surface area contributed by atoms with Crippen LogP contribution in [0.5, 0.6) is 0 Å². The van der Waals surface area contributed by atoms with Crippen LogP contribution in [0.2, 0.25) is 0 Å². The van der Waals surface area contributed by atoms with Crippen molar-refractivity contribution >= 4 is 17.6 Å². The van der Waals surface area contributed by atoms with Crippen molar-refractivity contribution in [2.75, 3.05) is 5.32 Å². The Bertz CT molecular complexity index is 1600. The first-order valence-electron chi connectivity index (χ1n) is 14.7. The average Bonchev–Trinajstić information content (AvgIpc) is 3.32. The molecule has 10 heteroatoms. The molecular weight excluding hydrogens is 589 g/mol. The molecule has 0 fully saturated rings. The quantitative estimate of drug-likeness (QED) is 0.198. The number of benzene rings is 3. The molecule has 1 amide bonds. The fraction of sp³-hybridized carbons (Fsp3) is 0.314. The molecule has 3 N–H and O–H groups in total. The van der Waals surface area contributed by atoms with Crippen molar-refractivity contribution < 1.29 is 63.2 Å². The summed E-state index contributed by atoms with van der Waals surface area (Å²) in [6, 6.07) is 18.9. The predicted octanol–water partition coefficient (Wildman–Crippen LogP) is 2.68. The van der Waals surface area contributed by atoms with Crippen LogP contribution in [0.25, 0.3) is 22.3 Å². The number of rotatable bonds is 13. The molecule has 0 saturated heterocycles. The van der Waals surface area contributed by atoms with E-state index in [1.165, 1.54) is 24.3 Å². The zero-order valence-electron chi connectivity index (χ0n) is 26.0. The van der Waals surface area contributed by atoms with Gasteiger partial charge in [0.25, 0.3) is 5.91 Å². The van der Waals surface area contributed by atoms with Gasteiger partial charge in [0.2, 0.25) is 0 Å². The van der Waals surface area contributed by atoms with Gasteiger partial charge in [-0.25, -0.2) is 8.78 Å². The molecule has 0 spiro atoms. The summed E-state index contributed by atoms with van der Waals surface area (Å²) in [5.74, 6) is -2.69. The summed E-state index contributed by atoms with van der Waals surface area (Å²) < 4.78 is 30.0. The standard InChI is InChI=1S/C35H38F2N2O5.Na/c1-4-22-6-5-7-27(18-22)38-35(44)34-33(24-10-14-26(37)15-11-24)32(23-8-12-25(36)13-9-23)30(39(34)21(2)3)17-16-28(40)19-29(41)20-31(42)43;/h5-15,18,21,28-29,40-41H,4,16-17,19-20H2,1-3H3,(H,38,44)(H,42,43);/q;+1/p-1/t28-,29-;/m1./s1. The van der Waals surface area contributed by atoms with Crippen LogP contribution in [-0.4, -0.2) is 38.9 Å². The molecule has 2 atom stereocenters. The number of aliphatic hydroxyl groups is 2. The van der Waals surface area contributed by atoms with Crippen LogP contribution in [-0.2, 0) is 17.6 Å². The molecule has 0 aliphatic carbocycles. The van der Waals surface area contributed by atoms with Gasteiger partial charge < -0.3 is 30.0 Å². The number of hydrogen-bond donors (Lipinski definition) is 3. The first-order valence-corrected chi connectivity index (χ1v) is 14.7. The van der Waals surface area contributed by atoms with E-state index in [9.17, 15) is 33.7 Å². The molecule has 0 aliphatic rings. The Morgan fingerprint density at radius 3 is 2.00 bits per heavy atom. The number of amides is 1. The van der Waals surface area contributed by atoms with E-state index in [1.54, 1.807) is 30.3 Å². The largest absolute Gasteiger partial charge is 1.00 e. The third kappa shape index (κ3) is 9.11. The Hall–Kier alpha value is -3.34. The summed E-state index contributed by atoms with van der Waals surface area (Å²) in [4.78, 5) is 25.1. The Morgan fingerprint density at radius 1 is 0.889 bits per heavy atom. The van der Waals surface area contributed by atoms with Crippen LogP contribution in [0, 0.1) is 11.6 Å². The molecule has 1 heterocycles. The number of aryl methyl sites for hydroxylation is 1. The van der Waals surface area contributed by atoms with E-state index < -0.39 is 42.1 Å². The average molecular weight is 627 g/mol. The van der Waals surface area contributed by atoms with Gasteiger partial charge in [-0.1, -0.05) is 43.3 Å². The van der Waals surface area contributed by atoms with Gasteiger partial charge in [0, 0.05) is 40.9 Å². The van der Waals surface area contributed by atoms with E-state index in [0.717, 1.165) is 12.0 Å². The number of carboxylic acid groups (broad SMARTS) is 1. The number of carbonyl (C=O) groups is 2. The first-order chi connectivity index (χ1) is 21.0. The Balaban J connectivity index is 0.00000552. The third-order valence-corrected chi connectivity index (χ3v) is 7.56. The minimum Gasteiger partial charge on any atom is -0.550 e. The second-order valence-corrected chi connectivity index (χ2v) is 11.2. The van der Waals surface area contributed by atoms with Crippen LogP contribution in [0.1, 0.15) is 67.8 Å². The fourth-order valence-corrected chi connectivity index (χ4v) is 5.57. The van der Waals surface area contributed by atoms with Crippen molar-refractivity contribution in [1.82, 2.24) is 4.57 Å². The number of anilines is 1. The Morgan fingerprint density at radius 2 is 1.47 bits per heavy atom. The number of carboxylic acids is 1. The van der Waals surface area contributed by atoms with E-state index in [0.29, 0.717) is 39.3 Å². The smallest absolute Gasteiger partial charge is 0.550 e. The van der Waals surface area contributed by atoms with Crippen molar-refractivity contribution in [3.05, 3.63) is 101 Å². The number of aromatic nitrogens is 1. The minimum atomic E-state index is -1.42. The fourth-order valence-electron chi connectivity index (χ4n) is 5.57. The van der Waals surface area contributed by atoms with Crippen molar-refractivity contribution in [1.29, 1.82) is 0 Å². The Labute approximate surface area is 284 Å². The molecule has 7 nitrogen and oxygen atoms in total. The van der Waals surface area contributed by atoms with Crippen molar-refractivity contribution in [3.8, 4) is 22.3 Å². The molecule has 4 rings (SSSR count). The van der Waals surface area contributed by atoms with E-state index >= 15 is 0 Å². The van der Waals surface area contributed by atoms with Gasteiger partial charge >= 0.3 is 29.6 Å². The van der Waals surface area contributed by atoms with Gasteiger partial charge in [-0.3, -0.25) is 4.79 Å². The van der Waals surface area contributed by atoms with E-state index in [4.69, 9.17) is 0 Å². The number of aliphatic carboxylic acids is 1. The number of hydrogen-bond acceptors (Lipinski definition) is 5. The maximum atomic E-state index is 14.2. The minimum absolute atomic E-state index is 0. The molecular formula is C35H37F2N2NaO5. The maximum absolute atomic E-state index is 14.2. The van der Waals surface area contributed by atoms with Crippen LogP contribution in [0.4, 0.5) is 14.5 Å². The van der Waals surface area contributed by atoms with E-state index in [-0.39, 0.29) is 54.9 Å². The molecule has 0 saturated carbocycles. The summed E-state index contributed by atoms with van der Waals surface area (Å²) in [5, 5.41) is 34.7. The molecule has 232 valence electrons. The van der Waals surface area contributed by atoms with Crippen LogP contribution >= 0.6 is 0 Å². The van der Waals surface area contributed by atoms with Crippen LogP contribution < -0.4 is 40.0 Å². The summed E-state index contributed by atoms with van der Waals surface area (Å²) in [6.07, 6.45) is -1.95. The van der Waals surface area contributed by atoms with Crippen molar-refractivity contribution in [2.45, 2.75) is 71.1 Å². The number of carbonyl (C=O) groups excluding carboxylic acids is 2.